The molecule has 1 heterocycles. The highest BCUT2D eigenvalue weighted by atomic mass is 35.5. The average Bonchev–Trinajstić information content (AvgIpc) is 2.62. The Morgan fingerprint density at radius 1 is 1.31 bits per heavy atom. The summed E-state index contributed by atoms with van der Waals surface area (Å²) in [7, 11) is 0. The molecule has 1 aliphatic rings. The topological polar surface area (TPSA) is 38.8 Å². The molecule has 1 rings (SSSR count). The van der Waals surface area contributed by atoms with Gasteiger partial charge in [0.1, 0.15) is 17.6 Å². The van der Waals surface area contributed by atoms with Crippen LogP contribution in [0.2, 0.25) is 0 Å². The molecule has 16 heavy (non-hydrogen) atoms. The molecule has 5 heteroatoms. The van der Waals surface area contributed by atoms with Crippen LogP contribution in [-0.2, 0) is 14.3 Å². The van der Waals surface area contributed by atoms with Crippen molar-refractivity contribution in [3.63, 3.8) is 0 Å². The predicted molar refractivity (Wildman–Crippen MR) is 62.7 cm³/mol. The van der Waals surface area contributed by atoms with Crippen molar-refractivity contribution >= 4 is 17.5 Å². The van der Waals surface area contributed by atoms with Gasteiger partial charge in [-0.25, -0.2) is 0 Å². The lowest BCUT2D eigenvalue weighted by atomic mass is 10.2. The summed E-state index contributed by atoms with van der Waals surface area (Å²) in [5, 5.41) is -0.484. The van der Waals surface area contributed by atoms with Gasteiger partial charge in [-0.15, -0.1) is 11.6 Å². The van der Waals surface area contributed by atoms with E-state index >= 15 is 0 Å². The highest BCUT2D eigenvalue weighted by Crippen LogP contribution is 2.18. The standard InChI is InChI=1S/C11H20ClNO3/c1-4-15-9-6-13(11(14)8(3)12)7-10(9)16-5-2/h8-10H,4-7H2,1-3H3/t8-,9-,10+/m0/s1. The van der Waals surface area contributed by atoms with Gasteiger partial charge in [0.05, 0.1) is 0 Å². The molecule has 94 valence electrons. The number of alkyl halides is 1. The van der Waals surface area contributed by atoms with E-state index in [0.29, 0.717) is 26.3 Å². The van der Waals surface area contributed by atoms with Crippen molar-refractivity contribution in [1.82, 2.24) is 4.90 Å². The van der Waals surface area contributed by atoms with Crippen molar-refractivity contribution in [2.75, 3.05) is 26.3 Å². The van der Waals surface area contributed by atoms with Gasteiger partial charge in [-0.05, 0) is 20.8 Å². The van der Waals surface area contributed by atoms with Gasteiger partial charge in [0, 0.05) is 26.3 Å². The van der Waals surface area contributed by atoms with E-state index in [2.05, 4.69) is 0 Å². The highest BCUT2D eigenvalue weighted by Gasteiger charge is 2.37. The van der Waals surface area contributed by atoms with Crippen LogP contribution in [0.5, 0.6) is 0 Å². The smallest absolute Gasteiger partial charge is 0.240 e. The molecule has 0 aromatic rings. The van der Waals surface area contributed by atoms with Gasteiger partial charge < -0.3 is 14.4 Å². The Hall–Kier alpha value is -0.320. The minimum Gasteiger partial charge on any atom is -0.374 e. The lowest BCUT2D eigenvalue weighted by molar-refractivity contribution is -0.130. The second-order valence-corrected chi connectivity index (χ2v) is 4.50. The first-order valence-electron chi connectivity index (χ1n) is 5.76. The molecule has 0 saturated carbocycles. The van der Waals surface area contributed by atoms with Crippen LogP contribution in [0.25, 0.3) is 0 Å². The van der Waals surface area contributed by atoms with Crippen LogP contribution < -0.4 is 0 Å². The molecule has 0 N–H and O–H groups in total. The Morgan fingerprint density at radius 3 is 2.06 bits per heavy atom. The van der Waals surface area contributed by atoms with E-state index in [1.54, 1.807) is 11.8 Å². The van der Waals surface area contributed by atoms with Gasteiger partial charge in [0.2, 0.25) is 5.91 Å². The predicted octanol–water partition coefficient (Wildman–Crippen LogP) is 1.27. The van der Waals surface area contributed by atoms with Crippen LogP contribution in [0.1, 0.15) is 20.8 Å². The van der Waals surface area contributed by atoms with Crippen LogP contribution in [0.3, 0.4) is 0 Å². The maximum absolute atomic E-state index is 11.7. The Labute approximate surface area is 102 Å². The third kappa shape index (κ3) is 3.34. The van der Waals surface area contributed by atoms with Gasteiger partial charge in [-0.3, -0.25) is 4.79 Å². The van der Waals surface area contributed by atoms with Crippen LogP contribution >= 0.6 is 11.6 Å². The fourth-order valence-electron chi connectivity index (χ4n) is 1.92. The minimum absolute atomic E-state index is 0.0238. The molecule has 4 nitrogen and oxygen atoms in total. The molecule has 0 aliphatic carbocycles. The Kier molecular flexibility index (Phi) is 5.52. The number of halogens is 1. The molecule has 0 radical (unpaired) electrons. The quantitative estimate of drug-likeness (QED) is 0.689. The lowest BCUT2D eigenvalue weighted by Gasteiger charge is -2.17. The van der Waals surface area contributed by atoms with Crippen LogP contribution in [0, 0.1) is 0 Å². The molecule has 1 fully saturated rings. The summed E-state index contributed by atoms with van der Waals surface area (Å²) >= 11 is 5.78. The molecule has 1 saturated heterocycles. The minimum atomic E-state index is -0.484. The van der Waals surface area contributed by atoms with Gasteiger partial charge >= 0.3 is 0 Å². The van der Waals surface area contributed by atoms with E-state index in [-0.39, 0.29) is 18.1 Å². The number of carbonyl (C=O) groups excluding carboxylic acids is 1. The second-order valence-electron chi connectivity index (χ2n) is 3.85. The van der Waals surface area contributed by atoms with Crippen molar-refractivity contribution in [2.45, 2.75) is 38.4 Å². The monoisotopic (exact) mass is 249 g/mol. The molecular formula is C11H20ClNO3. The van der Waals surface area contributed by atoms with Crippen molar-refractivity contribution in [3.05, 3.63) is 0 Å². The molecule has 1 amide bonds. The molecule has 1 aliphatic heterocycles. The van der Waals surface area contributed by atoms with E-state index < -0.39 is 5.38 Å². The third-order valence-corrected chi connectivity index (χ3v) is 2.82. The fourth-order valence-corrected chi connectivity index (χ4v) is 2.06. The van der Waals surface area contributed by atoms with Gasteiger partial charge in [0.25, 0.3) is 0 Å². The summed E-state index contributed by atoms with van der Waals surface area (Å²) in [5.74, 6) is -0.0476. The Morgan fingerprint density at radius 2 is 1.75 bits per heavy atom. The molecule has 0 spiro atoms. The van der Waals surface area contributed by atoms with Crippen LogP contribution in [0.4, 0.5) is 0 Å². The van der Waals surface area contributed by atoms with E-state index in [1.165, 1.54) is 0 Å². The van der Waals surface area contributed by atoms with Crippen molar-refractivity contribution in [3.8, 4) is 0 Å². The van der Waals surface area contributed by atoms with Gasteiger partial charge in [-0.2, -0.15) is 0 Å². The number of hydrogen-bond acceptors (Lipinski definition) is 3. The van der Waals surface area contributed by atoms with Crippen molar-refractivity contribution in [2.24, 2.45) is 0 Å². The van der Waals surface area contributed by atoms with E-state index in [4.69, 9.17) is 21.1 Å². The molecule has 0 aromatic carbocycles. The Balaban J connectivity index is 2.57. The van der Waals surface area contributed by atoms with Gasteiger partial charge in [0.15, 0.2) is 0 Å². The average molecular weight is 250 g/mol. The first-order valence-corrected chi connectivity index (χ1v) is 6.19. The highest BCUT2D eigenvalue weighted by molar-refractivity contribution is 6.30. The second kappa shape index (κ2) is 6.42. The van der Waals surface area contributed by atoms with Crippen molar-refractivity contribution < 1.29 is 14.3 Å². The normalized spacial score (nSPS) is 27.1. The SMILES string of the molecule is CCO[C@H]1CN(C(=O)[C@H](C)Cl)C[C@H]1OCC. The molecular weight excluding hydrogens is 230 g/mol. The number of rotatable bonds is 5. The fraction of sp³-hybridized carbons (Fsp3) is 0.909. The first-order chi connectivity index (χ1) is 7.60. The molecule has 0 aromatic heterocycles. The summed E-state index contributed by atoms with van der Waals surface area (Å²) in [6.45, 7) is 7.99. The zero-order valence-corrected chi connectivity index (χ0v) is 10.9. The zero-order chi connectivity index (χ0) is 12.1. The maximum Gasteiger partial charge on any atom is 0.240 e. The number of nitrogens with zero attached hydrogens (tertiary/aromatic N) is 1. The maximum atomic E-state index is 11.7. The van der Waals surface area contributed by atoms with E-state index in [0.717, 1.165) is 0 Å². The van der Waals surface area contributed by atoms with Crippen LogP contribution in [0.15, 0.2) is 0 Å². The molecule has 3 atom stereocenters. The summed E-state index contributed by atoms with van der Waals surface area (Å²) in [6, 6.07) is 0. The molecule has 0 bridgehead atoms. The van der Waals surface area contributed by atoms with Gasteiger partial charge in [-0.1, -0.05) is 0 Å². The summed E-state index contributed by atoms with van der Waals surface area (Å²) in [4.78, 5) is 13.4. The lowest BCUT2D eigenvalue weighted by Crippen LogP contribution is -2.34. The zero-order valence-electron chi connectivity index (χ0n) is 10.1. The number of ether oxygens (including phenoxy) is 2. The summed E-state index contributed by atoms with van der Waals surface area (Å²) < 4.78 is 11.1. The van der Waals surface area contributed by atoms with E-state index in [1.807, 2.05) is 13.8 Å². The number of carbonyl (C=O) groups is 1. The third-order valence-electron chi connectivity index (χ3n) is 2.63. The Bertz CT molecular complexity index is 221. The first kappa shape index (κ1) is 13.7. The number of hydrogen-bond donors (Lipinski definition) is 0. The van der Waals surface area contributed by atoms with Crippen molar-refractivity contribution in [1.29, 1.82) is 0 Å². The number of amides is 1. The number of likely N-dealkylation sites (tertiary alicyclic amines) is 1. The summed E-state index contributed by atoms with van der Waals surface area (Å²) in [5.41, 5.74) is 0. The van der Waals surface area contributed by atoms with Crippen LogP contribution in [-0.4, -0.2) is 54.7 Å². The largest absolute Gasteiger partial charge is 0.374 e. The summed E-state index contributed by atoms with van der Waals surface area (Å²) in [6.07, 6.45) is -0.0476. The van der Waals surface area contributed by atoms with E-state index in [9.17, 15) is 4.79 Å². The molecule has 0 unspecified atom stereocenters.